The average Bonchev–Trinajstić information content (AvgIpc) is 2.59. The summed E-state index contributed by atoms with van der Waals surface area (Å²) in [6.45, 7) is 7.73. The Morgan fingerprint density at radius 2 is 2.25 bits per heavy atom. The molecule has 0 bridgehead atoms. The smallest absolute Gasteiger partial charge is 0.267 e. The molecule has 1 rings (SSSR count). The minimum atomic E-state index is -0.0424. The van der Waals surface area contributed by atoms with Crippen LogP contribution in [0.3, 0.4) is 0 Å². The fourth-order valence-corrected chi connectivity index (χ4v) is 1.55. The van der Waals surface area contributed by atoms with E-state index in [1.165, 1.54) is 0 Å². The number of carbonyl (C=O) groups is 1. The van der Waals surface area contributed by atoms with Gasteiger partial charge in [-0.05, 0) is 25.3 Å². The van der Waals surface area contributed by atoms with E-state index >= 15 is 0 Å². The highest BCUT2D eigenvalue weighted by Crippen LogP contribution is 2.10. The molecule has 0 aromatic carbocycles. The van der Waals surface area contributed by atoms with Crippen LogP contribution in [0.5, 0.6) is 0 Å². The zero-order valence-corrected chi connectivity index (χ0v) is 10.3. The molecule has 0 saturated heterocycles. The fourth-order valence-electron chi connectivity index (χ4n) is 1.55. The van der Waals surface area contributed by atoms with Gasteiger partial charge in [-0.15, -0.1) is 0 Å². The number of anilines is 1. The lowest BCUT2D eigenvalue weighted by molar-refractivity contribution is 0.0943. The second kappa shape index (κ2) is 5.58. The predicted octanol–water partition coefficient (Wildman–Crippen LogP) is 1.87. The van der Waals surface area contributed by atoms with Crippen LogP contribution in [-0.2, 0) is 6.54 Å². The van der Waals surface area contributed by atoms with Crippen LogP contribution in [0.2, 0.25) is 0 Å². The molecule has 0 saturated carbocycles. The highest BCUT2D eigenvalue weighted by Gasteiger charge is 2.11. The van der Waals surface area contributed by atoms with E-state index in [9.17, 15) is 4.79 Å². The van der Waals surface area contributed by atoms with Crippen LogP contribution in [0.15, 0.2) is 12.3 Å². The number of aromatic nitrogens is 1. The molecule has 0 aliphatic carbocycles. The van der Waals surface area contributed by atoms with Gasteiger partial charge in [-0.25, -0.2) is 0 Å². The molecule has 0 spiro atoms. The maximum Gasteiger partial charge on any atom is 0.267 e. The highest BCUT2D eigenvalue weighted by atomic mass is 16.1. The topological polar surface area (TPSA) is 60.0 Å². The molecule has 16 heavy (non-hydrogen) atoms. The Bertz CT molecular complexity index is 355. The molecule has 4 nitrogen and oxygen atoms in total. The molecule has 3 N–H and O–H groups in total. The van der Waals surface area contributed by atoms with E-state index in [0.717, 1.165) is 13.0 Å². The minimum absolute atomic E-state index is 0.0424. The third-order valence-electron chi connectivity index (χ3n) is 2.50. The zero-order chi connectivity index (χ0) is 12.1. The number of rotatable bonds is 5. The molecule has 90 valence electrons. The normalized spacial score (nSPS) is 10.8. The Balaban J connectivity index is 2.58. The summed E-state index contributed by atoms with van der Waals surface area (Å²) in [6.07, 6.45) is 2.78. The number of aryl methyl sites for hydroxylation is 1. The highest BCUT2D eigenvalue weighted by molar-refractivity contribution is 5.93. The average molecular weight is 223 g/mol. The minimum Gasteiger partial charge on any atom is -0.397 e. The number of nitrogens with two attached hydrogens (primary N) is 1. The first-order valence-electron chi connectivity index (χ1n) is 5.78. The van der Waals surface area contributed by atoms with E-state index in [0.29, 0.717) is 23.8 Å². The van der Waals surface area contributed by atoms with Gasteiger partial charge in [0.1, 0.15) is 5.69 Å². The van der Waals surface area contributed by atoms with Gasteiger partial charge >= 0.3 is 0 Å². The van der Waals surface area contributed by atoms with Gasteiger partial charge in [-0.3, -0.25) is 4.79 Å². The van der Waals surface area contributed by atoms with E-state index in [1.807, 2.05) is 11.5 Å². The number of nitrogen functional groups attached to an aromatic ring is 1. The molecule has 0 atom stereocenters. The Hall–Kier alpha value is -1.45. The third kappa shape index (κ3) is 3.29. The Morgan fingerprint density at radius 1 is 1.56 bits per heavy atom. The molecule has 1 aromatic heterocycles. The summed E-state index contributed by atoms with van der Waals surface area (Å²) in [5.74, 6) is 0.558. The van der Waals surface area contributed by atoms with Crippen molar-refractivity contribution in [1.82, 2.24) is 9.88 Å². The van der Waals surface area contributed by atoms with Crippen molar-refractivity contribution in [3.63, 3.8) is 0 Å². The lowest BCUT2D eigenvalue weighted by Gasteiger charge is -2.08. The van der Waals surface area contributed by atoms with E-state index in [4.69, 9.17) is 5.73 Å². The summed E-state index contributed by atoms with van der Waals surface area (Å²) in [4.78, 5) is 11.8. The van der Waals surface area contributed by atoms with Gasteiger partial charge in [0.05, 0.1) is 5.69 Å². The SMILES string of the molecule is CCn1cc(N)cc1C(=O)NCCC(C)C. The lowest BCUT2D eigenvalue weighted by Crippen LogP contribution is -2.27. The predicted molar refractivity (Wildman–Crippen MR) is 66.3 cm³/mol. The third-order valence-corrected chi connectivity index (χ3v) is 2.50. The maximum atomic E-state index is 11.8. The monoisotopic (exact) mass is 223 g/mol. The van der Waals surface area contributed by atoms with Crippen molar-refractivity contribution in [2.24, 2.45) is 5.92 Å². The van der Waals surface area contributed by atoms with Crippen molar-refractivity contribution in [3.05, 3.63) is 18.0 Å². The van der Waals surface area contributed by atoms with Gasteiger partial charge in [0.25, 0.3) is 5.91 Å². The second-order valence-corrected chi connectivity index (χ2v) is 4.38. The quantitative estimate of drug-likeness (QED) is 0.800. The van der Waals surface area contributed by atoms with E-state index in [2.05, 4.69) is 19.2 Å². The Kier molecular flexibility index (Phi) is 4.40. The first-order valence-corrected chi connectivity index (χ1v) is 5.78. The van der Waals surface area contributed by atoms with E-state index in [1.54, 1.807) is 12.3 Å². The number of carbonyl (C=O) groups excluding carboxylic acids is 1. The summed E-state index contributed by atoms with van der Waals surface area (Å²) < 4.78 is 1.86. The van der Waals surface area contributed by atoms with Crippen LogP contribution < -0.4 is 11.1 Å². The summed E-state index contributed by atoms with van der Waals surface area (Å²) in [7, 11) is 0. The summed E-state index contributed by atoms with van der Waals surface area (Å²) in [5, 5.41) is 2.90. The van der Waals surface area contributed by atoms with E-state index < -0.39 is 0 Å². The standard InChI is InChI=1S/C12H21N3O/c1-4-15-8-10(13)7-11(15)12(16)14-6-5-9(2)3/h7-9H,4-6,13H2,1-3H3,(H,14,16). The molecular formula is C12H21N3O. The van der Waals surface area contributed by atoms with Gasteiger partial charge in [0.15, 0.2) is 0 Å². The molecule has 4 heteroatoms. The molecule has 0 aliphatic rings. The molecular weight excluding hydrogens is 202 g/mol. The molecule has 0 fully saturated rings. The van der Waals surface area contributed by atoms with Crippen LogP contribution >= 0.6 is 0 Å². The van der Waals surface area contributed by atoms with Crippen molar-refractivity contribution in [1.29, 1.82) is 0 Å². The molecule has 0 aliphatic heterocycles. The molecule has 1 amide bonds. The van der Waals surface area contributed by atoms with Gasteiger partial charge in [-0.1, -0.05) is 13.8 Å². The number of hydrogen-bond acceptors (Lipinski definition) is 2. The van der Waals surface area contributed by atoms with Gasteiger partial charge < -0.3 is 15.6 Å². The fraction of sp³-hybridized carbons (Fsp3) is 0.583. The van der Waals surface area contributed by atoms with Crippen molar-refractivity contribution in [3.8, 4) is 0 Å². The molecule has 1 heterocycles. The number of hydrogen-bond donors (Lipinski definition) is 2. The molecule has 0 radical (unpaired) electrons. The Labute approximate surface area is 96.8 Å². The van der Waals surface area contributed by atoms with Gasteiger partial charge in [-0.2, -0.15) is 0 Å². The maximum absolute atomic E-state index is 11.8. The summed E-state index contributed by atoms with van der Waals surface area (Å²) in [6, 6.07) is 1.72. The van der Waals surface area contributed by atoms with Crippen LogP contribution in [0.25, 0.3) is 0 Å². The van der Waals surface area contributed by atoms with Crippen LogP contribution in [0.1, 0.15) is 37.7 Å². The molecule has 1 aromatic rings. The largest absolute Gasteiger partial charge is 0.397 e. The van der Waals surface area contributed by atoms with Crippen LogP contribution in [-0.4, -0.2) is 17.0 Å². The van der Waals surface area contributed by atoms with Crippen LogP contribution in [0, 0.1) is 5.92 Å². The number of nitrogens with zero attached hydrogens (tertiary/aromatic N) is 1. The molecule has 0 unspecified atom stereocenters. The van der Waals surface area contributed by atoms with Crippen molar-refractivity contribution in [2.75, 3.05) is 12.3 Å². The second-order valence-electron chi connectivity index (χ2n) is 4.38. The summed E-state index contributed by atoms with van der Waals surface area (Å²) >= 11 is 0. The number of amides is 1. The summed E-state index contributed by atoms with van der Waals surface area (Å²) in [5.41, 5.74) is 6.95. The van der Waals surface area contributed by atoms with Crippen molar-refractivity contribution in [2.45, 2.75) is 33.7 Å². The van der Waals surface area contributed by atoms with Crippen LogP contribution in [0.4, 0.5) is 5.69 Å². The lowest BCUT2D eigenvalue weighted by atomic mass is 10.1. The first-order chi connectivity index (χ1) is 7.54. The van der Waals surface area contributed by atoms with Gasteiger partial charge in [0, 0.05) is 19.3 Å². The Morgan fingerprint density at radius 3 is 2.81 bits per heavy atom. The first kappa shape index (κ1) is 12.6. The van der Waals surface area contributed by atoms with Crippen molar-refractivity contribution < 1.29 is 4.79 Å². The van der Waals surface area contributed by atoms with Gasteiger partial charge in [0.2, 0.25) is 0 Å². The zero-order valence-electron chi connectivity index (χ0n) is 10.3. The van der Waals surface area contributed by atoms with E-state index in [-0.39, 0.29) is 5.91 Å². The van der Waals surface area contributed by atoms with Crippen molar-refractivity contribution >= 4 is 11.6 Å². The number of nitrogens with one attached hydrogen (secondary N) is 1.